The van der Waals surface area contributed by atoms with Crippen molar-refractivity contribution in [2.24, 2.45) is 0 Å². The van der Waals surface area contributed by atoms with E-state index in [4.69, 9.17) is 9.97 Å². The SMILES string of the molecule is CCc1nc(C)nc(N2CCN(C(=O)c3ccccc3)CC2)c1Cc1ccc(C)cc1. The van der Waals surface area contributed by atoms with E-state index in [1.54, 1.807) is 0 Å². The Balaban J connectivity index is 1.56. The Morgan fingerprint density at radius 3 is 2.23 bits per heavy atom. The largest absolute Gasteiger partial charge is 0.353 e. The van der Waals surface area contributed by atoms with Crippen molar-refractivity contribution in [1.29, 1.82) is 0 Å². The normalized spacial score (nSPS) is 14.0. The first-order valence-electron chi connectivity index (χ1n) is 11.1. The van der Waals surface area contributed by atoms with Crippen LogP contribution >= 0.6 is 0 Å². The first-order valence-corrected chi connectivity index (χ1v) is 11.1. The average Bonchev–Trinajstić information content (AvgIpc) is 2.81. The standard InChI is InChI=1S/C26H30N4O/c1-4-24-23(18-21-12-10-19(2)11-13-21)25(28-20(3)27-24)29-14-16-30(17-15-29)26(31)22-8-6-5-7-9-22/h5-13H,4,14-18H2,1-3H3. The van der Waals surface area contributed by atoms with Crippen LogP contribution in [0.2, 0.25) is 0 Å². The molecule has 4 rings (SSSR count). The van der Waals surface area contributed by atoms with Crippen molar-refractivity contribution in [2.75, 3.05) is 31.1 Å². The van der Waals surface area contributed by atoms with E-state index in [2.05, 4.69) is 43.0 Å². The van der Waals surface area contributed by atoms with Gasteiger partial charge in [-0.25, -0.2) is 9.97 Å². The molecule has 1 aliphatic heterocycles. The molecule has 0 aliphatic carbocycles. The summed E-state index contributed by atoms with van der Waals surface area (Å²) in [4.78, 5) is 26.7. The second kappa shape index (κ2) is 9.29. The van der Waals surface area contributed by atoms with Crippen molar-refractivity contribution in [3.63, 3.8) is 0 Å². The molecule has 0 spiro atoms. The van der Waals surface area contributed by atoms with E-state index in [1.807, 2.05) is 42.2 Å². The number of anilines is 1. The molecule has 1 fully saturated rings. The fraction of sp³-hybridized carbons (Fsp3) is 0.346. The van der Waals surface area contributed by atoms with Crippen LogP contribution < -0.4 is 4.90 Å². The number of hydrogen-bond acceptors (Lipinski definition) is 4. The molecule has 0 bridgehead atoms. The lowest BCUT2D eigenvalue weighted by atomic mass is 10.0. The van der Waals surface area contributed by atoms with Gasteiger partial charge in [-0.1, -0.05) is 55.0 Å². The predicted molar refractivity (Wildman–Crippen MR) is 125 cm³/mol. The highest BCUT2D eigenvalue weighted by atomic mass is 16.2. The Kier molecular flexibility index (Phi) is 6.31. The minimum atomic E-state index is 0.105. The summed E-state index contributed by atoms with van der Waals surface area (Å²) in [6.07, 6.45) is 1.70. The second-order valence-electron chi connectivity index (χ2n) is 8.18. The molecular weight excluding hydrogens is 384 g/mol. The minimum absolute atomic E-state index is 0.105. The third kappa shape index (κ3) is 4.76. The first kappa shape index (κ1) is 21.0. The summed E-state index contributed by atoms with van der Waals surface area (Å²) in [5.74, 6) is 1.94. The lowest BCUT2D eigenvalue weighted by Crippen LogP contribution is -2.49. The van der Waals surface area contributed by atoms with Crippen LogP contribution in [0.25, 0.3) is 0 Å². The van der Waals surface area contributed by atoms with Gasteiger partial charge >= 0.3 is 0 Å². The summed E-state index contributed by atoms with van der Waals surface area (Å²) in [5.41, 5.74) is 5.61. The van der Waals surface area contributed by atoms with Crippen LogP contribution in [0.1, 0.15) is 45.5 Å². The summed E-state index contributed by atoms with van der Waals surface area (Å²) < 4.78 is 0. The molecule has 1 saturated heterocycles. The molecule has 1 aromatic heterocycles. The topological polar surface area (TPSA) is 49.3 Å². The van der Waals surface area contributed by atoms with Crippen molar-refractivity contribution in [2.45, 2.75) is 33.6 Å². The van der Waals surface area contributed by atoms with E-state index in [0.29, 0.717) is 13.1 Å². The van der Waals surface area contributed by atoms with Crippen molar-refractivity contribution < 1.29 is 4.79 Å². The van der Waals surface area contributed by atoms with Gasteiger partial charge in [-0.05, 0) is 38.0 Å². The number of amides is 1. The van der Waals surface area contributed by atoms with Gasteiger partial charge in [0, 0.05) is 49.4 Å². The van der Waals surface area contributed by atoms with Gasteiger partial charge in [-0.15, -0.1) is 0 Å². The molecule has 5 nitrogen and oxygen atoms in total. The number of nitrogens with zero attached hydrogens (tertiary/aromatic N) is 4. The molecule has 2 aromatic carbocycles. The van der Waals surface area contributed by atoms with Gasteiger partial charge in [-0.3, -0.25) is 4.79 Å². The Morgan fingerprint density at radius 2 is 1.58 bits per heavy atom. The maximum atomic E-state index is 12.8. The third-order valence-corrected chi connectivity index (χ3v) is 5.91. The van der Waals surface area contributed by atoms with E-state index in [1.165, 1.54) is 16.7 Å². The molecule has 0 saturated carbocycles. The number of benzene rings is 2. The number of aryl methyl sites for hydroxylation is 3. The molecule has 2 heterocycles. The van der Waals surface area contributed by atoms with Gasteiger partial charge in [-0.2, -0.15) is 0 Å². The fourth-order valence-electron chi connectivity index (χ4n) is 4.17. The number of hydrogen-bond donors (Lipinski definition) is 0. The molecule has 0 radical (unpaired) electrons. The van der Waals surface area contributed by atoms with Crippen molar-refractivity contribution in [1.82, 2.24) is 14.9 Å². The van der Waals surface area contributed by atoms with Crippen LogP contribution in [-0.2, 0) is 12.8 Å². The minimum Gasteiger partial charge on any atom is -0.353 e. The van der Waals surface area contributed by atoms with Crippen molar-refractivity contribution in [3.8, 4) is 0 Å². The number of carbonyl (C=O) groups excluding carboxylic acids is 1. The predicted octanol–water partition coefficient (Wildman–Crippen LogP) is 4.21. The Morgan fingerprint density at radius 1 is 0.903 bits per heavy atom. The molecule has 0 unspecified atom stereocenters. The van der Waals surface area contributed by atoms with Gasteiger partial charge in [0.05, 0.1) is 0 Å². The van der Waals surface area contributed by atoms with Crippen molar-refractivity contribution in [3.05, 3.63) is 88.4 Å². The van der Waals surface area contributed by atoms with Crippen LogP contribution in [0.5, 0.6) is 0 Å². The maximum absolute atomic E-state index is 12.8. The number of aromatic nitrogens is 2. The monoisotopic (exact) mass is 414 g/mol. The Bertz CT molecular complexity index is 1040. The van der Waals surface area contributed by atoms with Crippen LogP contribution in [-0.4, -0.2) is 47.0 Å². The summed E-state index contributed by atoms with van der Waals surface area (Å²) in [6.45, 7) is 9.18. The maximum Gasteiger partial charge on any atom is 0.253 e. The molecule has 160 valence electrons. The lowest BCUT2D eigenvalue weighted by Gasteiger charge is -2.36. The molecule has 5 heteroatoms. The Labute approximate surface area is 184 Å². The van der Waals surface area contributed by atoms with E-state index < -0.39 is 0 Å². The average molecular weight is 415 g/mol. The van der Waals surface area contributed by atoms with E-state index >= 15 is 0 Å². The third-order valence-electron chi connectivity index (χ3n) is 5.91. The molecule has 1 aliphatic rings. The van der Waals surface area contributed by atoms with Crippen LogP contribution in [0.4, 0.5) is 5.82 Å². The number of rotatable bonds is 5. The quantitative estimate of drug-likeness (QED) is 0.628. The summed E-state index contributed by atoms with van der Waals surface area (Å²) in [7, 11) is 0. The number of carbonyl (C=O) groups is 1. The zero-order valence-corrected chi connectivity index (χ0v) is 18.6. The molecule has 31 heavy (non-hydrogen) atoms. The van der Waals surface area contributed by atoms with E-state index in [-0.39, 0.29) is 5.91 Å². The molecular formula is C26H30N4O. The molecule has 1 amide bonds. The first-order chi connectivity index (χ1) is 15.0. The molecule has 3 aromatic rings. The van der Waals surface area contributed by atoms with Gasteiger partial charge in [0.15, 0.2) is 0 Å². The van der Waals surface area contributed by atoms with Gasteiger partial charge in [0.1, 0.15) is 11.6 Å². The van der Waals surface area contributed by atoms with Crippen LogP contribution in [0.15, 0.2) is 54.6 Å². The highest BCUT2D eigenvalue weighted by molar-refractivity contribution is 5.94. The van der Waals surface area contributed by atoms with Crippen LogP contribution in [0.3, 0.4) is 0 Å². The smallest absolute Gasteiger partial charge is 0.253 e. The van der Waals surface area contributed by atoms with E-state index in [9.17, 15) is 4.79 Å². The van der Waals surface area contributed by atoms with Gasteiger partial charge < -0.3 is 9.80 Å². The molecule has 0 N–H and O–H groups in total. The Hall–Kier alpha value is -3.21. The molecule has 0 atom stereocenters. The fourth-order valence-corrected chi connectivity index (χ4v) is 4.17. The summed E-state index contributed by atoms with van der Waals surface area (Å²) in [6, 6.07) is 18.2. The van der Waals surface area contributed by atoms with Gasteiger partial charge in [0.2, 0.25) is 0 Å². The zero-order valence-electron chi connectivity index (χ0n) is 18.6. The summed E-state index contributed by atoms with van der Waals surface area (Å²) >= 11 is 0. The highest BCUT2D eigenvalue weighted by Gasteiger charge is 2.25. The van der Waals surface area contributed by atoms with Gasteiger partial charge in [0.25, 0.3) is 5.91 Å². The van der Waals surface area contributed by atoms with Crippen LogP contribution in [0, 0.1) is 13.8 Å². The zero-order chi connectivity index (χ0) is 21.8. The highest BCUT2D eigenvalue weighted by Crippen LogP contribution is 2.26. The number of piperazine rings is 1. The summed E-state index contributed by atoms with van der Waals surface area (Å²) in [5, 5.41) is 0. The van der Waals surface area contributed by atoms with E-state index in [0.717, 1.165) is 48.8 Å². The lowest BCUT2D eigenvalue weighted by molar-refractivity contribution is 0.0746. The van der Waals surface area contributed by atoms with Crippen molar-refractivity contribution >= 4 is 11.7 Å². The second-order valence-corrected chi connectivity index (χ2v) is 8.18.